The Kier molecular flexibility index (Phi) is 2.72. The van der Waals surface area contributed by atoms with Gasteiger partial charge in [-0.15, -0.1) is 0 Å². The Morgan fingerprint density at radius 1 is 1.50 bits per heavy atom. The average molecular weight is 239 g/mol. The Labute approximate surface area is 97.6 Å². The molecule has 1 aromatic carbocycles. The number of nitrogens with one attached hydrogen (secondary N) is 2. The molecule has 0 aromatic heterocycles. The van der Waals surface area contributed by atoms with Gasteiger partial charge in [0.1, 0.15) is 5.75 Å². The minimum absolute atomic E-state index is 0.00263. The van der Waals surface area contributed by atoms with Gasteiger partial charge in [0.15, 0.2) is 0 Å². The van der Waals surface area contributed by atoms with Crippen molar-refractivity contribution >= 4 is 23.6 Å². The van der Waals surface area contributed by atoms with Gasteiger partial charge in [-0.05, 0) is 18.2 Å². The van der Waals surface area contributed by atoms with Crippen LogP contribution >= 0.6 is 11.6 Å². The van der Waals surface area contributed by atoms with E-state index in [0.29, 0.717) is 10.7 Å². The number of nitrogens with two attached hydrogens (primary N) is 1. The standard InChI is InChI=1S/C10H11ClN4O/c11-8-2-1-7(5-9(8)16)15-10(12)3-4-13-6-14-10/h1-6,15-16H,12H2,(H,13,14). The molecule has 0 radical (unpaired) electrons. The zero-order chi connectivity index (χ0) is 11.6. The molecule has 0 spiro atoms. The van der Waals surface area contributed by atoms with E-state index in [1.165, 1.54) is 12.4 Å². The molecule has 0 saturated carbocycles. The number of aliphatic imine (C=N–C) groups is 1. The Morgan fingerprint density at radius 2 is 2.31 bits per heavy atom. The fourth-order valence-electron chi connectivity index (χ4n) is 1.30. The van der Waals surface area contributed by atoms with E-state index >= 15 is 0 Å². The average Bonchev–Trinajstić information content (AvgIpc) is 2.24. The van der Waals surface area contributed by atoms with E-state index in [0.717, 1.165) is 0 Å². The number of phenolic OH excluding ortho intramolecular Hbond substituents is 1. The molecule has 0 saturated heterocycles. The molecule has 16 heavy (non-hydrogen) atoms. The van der Waals surface area contributed by atoms with Crippen molar-refractivity contribution in [2.24, 2.45) is 10.7 Å². The van der Waals surface area contributed by atoms with Gasteiger partial charge in [-0.25, -0.2) is 4.99 Å². The summed E-state index contributed by atoms with van der Waals surface area (Å²) in [5.41, 5.74) is 6.56. The van der Waals surface area contributed by atoms with Crippen LogP contribution in [0.5, 0.6) is 5.75 Å². The van der Waals surface area contributed by atoms with Crippen molar-refractivity contribution in [3.63, 3.8) is 0 Å². The first-order valence-corrected chi connectivity index (χ1v) is 5.00. The first-order valence-electron chi connectivity index (χ1n) is 4.62. The maximum Gasteiger partial charge on any atom is 0.205 e. The van der Waals surface area contributed by atoms with Crippen molar-refractivity contribution in [2.45, 2.75) is 5.79 Å². The summed E-state index contributed by atoms with van der Waals surface area (Å²) in [6.07, 6.45) is 4.83. The minimum Gasteiger partial charge on any atom is -0.506 e. The van der Waals surface area contributed by atoms with Crippen LogP contribution in [0.1, 0.15) is 0 Å². The molecule has 0 fully saturated rings. The Hall–Kier alpha value is -1.72. The number of hydrogen-bond acceptors (Lipinski definition) is 5. The first kappa shape index (κ1) is 10.8. The molecule has 1 aliphatic rings. The zero-order valence-electron chi connectivity index (χ0n) is 8.31. The Balaban J connectivity index is 2.20. The normalized spacial score (nSPS) is 22.9. The van der Waals surface area contributed by atoms with Gasteiger partial charge in [-0.3, -0.25) is 5.73 Å². The highest BCUT2D eigenvalue weighted by Gasteiger charge is 2.20. The summed E-state index contributed by atoms with van der Waals surface area (Å²) in [7, 11) is 0. The maximum atomic E-state index is 9.43. The second kappa shape index (κ2) is 4.03. The van der Waals surface area contributed by atoms with Gasteiger partial charge in [0, 0.05) is 18.0 Å². The maximum absolute atomic E-state index is 9.43. The van der Waals surface area contributed by atoms with E-state index in [4.69, 9.17) is 17.3 Å². The van der Waals surface area contributed by atoms with Gasteiger partial charge in [0.25, 0.3) is 0 Å². The van der Waals surface area contributed by atoms with Crippen molar-refractivity contribution in [1.29, 1.82) is 0 Å². The molecular weight excluding hydrogens is 228 g/mol. The summed E-state index contributed by atoms with van der Waals surface area (Å²) >= 11 is 5.70. The van der Waals surface area contributed by atoms with Crippen LogP contribution in [0.4, 0.5) is 5.69 Å². The SMILES string of the molecule is NC1(Nc2ccc(Cl)c(O)c2)C=CNC=N1. The van der Waals surface area contributed by atoms with E-state index < -0.39 is 5.79 Å². The molecule has 6 heteroatoms. The number of phenols is 1. The molecule has 1 aromatic rings. The fourth-order valence-corrected chi connectivity index (χ4v) is 1.42. The second-order valence-corrected chi connectivity index (χ2v) is 3.78. The number of halogens is 1. The van der Waals surface area contributed by atoms with Gasteiger partial charge in [-0.1, -0.05) is 11.6 Å². The van der Waals surface area contributed by atoms with Gasteiger partial charge in [0.2, 0.25) is 5.79 Å². The van der Waals surface area contributed by atoms with E-state index in [1.807, 2.05) is 0 Å². The summed E-state index contributed by atoms with van der Waals surface area (Å²) in [4.78, 5) is 4.04. The van der Waals surface area contributed by atoms with Crippen molar-refractivity contribution in [3.05, 3.63) is 35.5 Å². The third kappa shape index (κ3) is 2.26. The fraction of sp³-hybridized carbons (Fsp3) is 0.100. The van der Waals surface area contributed by atoms with Crippen LogP contribution in [0.2, 0.25) is 5.02 Å². The molecular formula is C10H11ClN4O. The number of hydrogen-bond donors (Lipinski definition) is 4. The number of rotatable bonds is 2. The molecule has 5 N–H and O–H groups in total. The lowest BCUT2D eigenvalue weighted by molar-refractivity contribution is 0.475. The van der Waals surface area contributed by atoms with Crippen LogP contribution in [0.15, 0.2) is 35.5 Å². The van der Waals surface area contributed by atoms with E-state index in [-0.39, 0.29) is 5.75 Å². The van der Waals surface area contributed by atoms with Gasteiger partial charge in [0.05, 0.1) is 11.4 Å². The first-order chi connectivity index (χ1) is 7.59. The topological polar surface area (TPSA) is 82.7 Å². The number of nitrogens with zero attached hydrogens (tertiary/aromatic N) is 1. The van der Waals surface area contributed by atoms with Crippen molar-refractivity contribution in [1.82, 2.24) is 5.32 Å². The number of benzene rings is 1. The third-order valence-electron chi connectivity index (χ3n) is 2.08. The summed E-state index contributed by atoms with van der Waals surface area (Å²) in [6, 6.07) is 4.78. The molecule has 2 rings (SSSR count). The van der Waals surface area contributed by atoms with Crippen LogP contribution in [0.25, 0.3) is 0 Å². The number of aromatic hydroxyl groups is 1. The largest absolute Gasteiger partial charge is 0.506 e. The van der Waals surface area contributed by atoms with Gasteiger partial charge < -0.3 is 15.7 Å². The second-order valence-electron chi connectivity index (χ2n) is 3.37. The molecule has 1 atom stereocenters. The number of anilines is 1. The lowest BCUT2D eigenvalue weighted by Crippen LogP contribution is -2.46. The van der Waals surface area contributed by atoms with Crippen LogP contribution in [0, 0.1) is 0 Å². The van der Waals surface area contributed by atoms with Gasteiger partial charge in [-0.2, -0.15) is 0 Å². The minimum atomic E-state index is -1.01. The highest BCUT2D eigenvalue weighted by Crippen LogP contribution is 2.27. The van der Waals surface area contributed by atoms with E-state index in [2.05, 4.69) is 15.6 Å². The van der Waals surface area contributed by atoms with Crippen LogP contribution in [0.3, 0.4) is 0 Å². The summed E-state index contributed by atoms with van der Waals surface area (Å²) in [5.74, 6) is -1.01. The van der Waals surface area contributed by atoms with Crippen LogP contribution in [-0.2, 0) is 0 Å². The van der Waals surface area contributed by atoms with Crippen LogP contribution in [-0.4, -0.2) is 17.2 Å². The van der Waals surface area contributed by atoms with Crippen molar-refractivity contribution in [2.75, 3.05) is 5.32 Å². The summed E-state index contributed by atoms with van der Waals surface area (Å²) < 4.78 is 0. The lowest BCUT2D eigenvalue weighted by Gasteiger charge is -2.25. The predicted molar refractivity (Wildman–Crippen MR) is 64.4 cm³/mol. The zero-order valence-corrected chi connectivity index (χ0v) is 9.07. The van der Waals surface area contributed by atoms with E-state index in [1.54, 1.807) is 24.4 Å². The molecule has 84 valence electrons. The highest BCUT2D eigenvalue weighted by atomic mass is 35.5. The monoisotopic (exact) mass is 238 g/mol. The highest BCUT2D eigenvalue weighted by molar-refractivity contribution is 6.32. The third-order valence-corrected chi connectivity index (χ3v) is 2.40. The molecule has 1 aliphatic heterocycles. The van der Waals surface area contributed by atoms with Crippen molar-refractivity contribution in [3.8, 4) is 5.75 Å². The smallest absolute Gasteiger partial charge is 0.205 e. The van der Waals surface area contributed by atoms with Crippen molar-refractivity contribution < 1.29 is 5.11 Å². The summed E-state index contributed by atoms with van der Waals surface area (Å²) in [6.45, 7) is 0. The van der Waals surface area contributed by atoms with Gasteiger partial charge >= 0.3 is 0 Å². The Bertz CT molecular complexity index is 446. The molecule has 0 amide bonds. The molecule has 5 nitrogen and oxygen atoms in total. The summed E-state index contributed by atoms with van der Waals surface area (Å²) in [5, 5.41) is 15.5. The van der Waals surface area contributed by atoms with E-state index in [9.17, 15) is 5.11 Å². The molecule has 1 heterocycles. The van der Waals surface area contributed by atoms with Crippen LogP contribution < -0.4 is 16.4 Å². The lowest BCUT2D eigenvalue weighted by atomic mass is 10.2. The quantitative estimate of drug-likeness (QED) is 0.584. The Morgan fingerprint density at radius 3 is 2.94 bits per heavy atom. The molecule has 0 aliphatic carbocycles. The molecule has 1 unspecified atom stereocenters. The molecule has 0 bridgehead atoms. The predicted octanol–water partition coefficient (Wildman–Crippen LogP) is 1.22.